The van der Waals surface area contributed by atoms with Gasteiger partial charge in [0.1, 0.15) is 0 Å². The number of nitrogens with zero attached hydrogens (tertiary/aromatic N) is 2. The van der Waals surface area contributed by atoms with Gasteiger partial charge in [0, 0.05) is 11.4 Å². The highest BCUT2D eigenvalue weighted by molar-refractivity contribution is 6.35. The van der Waals surface area contributed by atoms with Gasteiger partial charge in [-0.15, -0.1) is 0 Å². The van der Waals surface area contributed by atoms with Gasteiger partial charge < -0.3 is 11.5 Å². The Hall–Kier alpha value is -7.58. The number of amides is 4. The quantitative estimate of drug-likeness (QED) is 0.117. The van der Waals surface area contributed by atoms with E-state index in [1.165, 1.54) is 9.80 Å². The van der Waals surface area contributed by atoms with Crippen LogP contribution in [0.3, 0.4) is 0 Å². The number of imide groups is 2. The molecule has 8 heteroatoms. The summed E-state index contributed by atoms with van der Waals surface area (Å²) in [6.45, 7) is 4.14. The maximum Gasteiger partial charge on any atom is 0.266 e. The van der Waals surface area contributed by atoms with Crippen molar-refractivity contribution < 1.29 is 19.2 Å². The minimum Gasteiger partial charge on any atom is -0.399 e. The number of rotatable bonds is 8. The minimum absolute atomic E-state index is 0.324. The first-order chi connectivity index (χ1) is 28.1. The smallest absolute Gasteiger partial charge is 0.266 e. The van der Waals surface area contributed by atoms with Gasteiger partial charge in [-0.2, -0.15) is 0 Å². The van der Waals surface area contributed by atoms with Crippen molar-refractivity contribution >= 4 is 46.4 Å². The van der Waals surface area contributed by atoms with E-state index in [0.29, 0.717) is 57.8 Å². The van der Waals surface area contributed by atoms with Crippen LogP contribution in [0.5, 0.6) is 0 Å². The van der Waals surface area contributed by atoms with Crippen molar-refractivity contribution in [2.24, 2.45) is 0 Å². The lowest BCUT2D eigenvalue weighted by Crippen LogP contribution is -2.30. The first kappa shape index (κ1) is 36.1. The first-order valence-corrected chi connectivity index (χ1v) is 19.3. The Kier molecular flexibility index (Phi) is 8.82. The summed E-state index contributed by atoms with van der Waals surface area (Å²) in [5, 5.41) is 0. The molecular formula is C50H38N4O4. The molecule has 8 nitrogen and oxygen atoms in total. The van der Waals surface area contributed by atoms with Crippen LogP contribution in [-0.2, 0) is 12.8 Å². The molecule has 7 aromatic rings. The van der Waals surface area contributed by atoms with Crippen molar-refractivity contribution in [3.63, 3.8) is 0 Å². The van der Waals surface area contributed by atoms with E-state index in [1.807, 2.05) is 91.9 Å². The van der Waals surface area contributed by atoms with Crippen LogP contribution in [-0.4, -0.2) is 23.6 Å². The Balaban J connectivity index is 0.954. The van der Waals surface area contributed by atoms with Gasteiger partial charge in [0.15, 0.2) is 0 Å². The molecule has 4 N–H and O–H groups in total. The molecule has 0 unspecified atom stereocenters. The predicted molar refractivity (Wildman–Crippen MR) is 231 cm³/mol. The van der Waals surface area contributed by atoms with Crippen LogP contribution in [0.2, 0.25) is 0 Å². The van der Waals surface area contributed by atoms with Gasteiger partial charge in [-0.25, -0.2) is 9.80 Å². The van der Waals surface area contributed by atoms with E-state index >= 15 is 0 Å². The molecule has 0 spiro atoms. The van der Waals surface area contributed by atoms with Gasteiger partial charge in [-0.1, -0.05) is 92.7 Å². The molecule has 0 radical (unpaired) electrons. The van der Waals surface area contributed by atoms with Crippen LogP contribution in [0, 0.1) is 0 Å². The van der Waals surface area contributed by atoms with Gasteiger partial charge in [0.2, 0.25) is 0 Å². The Bertz CT molecular complexity index is 2830. The summed E-state index contributed by atoms with van der Waals surface area (Å²) < 4.78 is 0. The molecule has 4 amide bonds. The van der Waals surface area contributed by atoms with Crippen LogP contribution in [0.4, 0.5) is 22.7 Å². The zero-order chi connectivity index (χ0) is 40.2. The third kappa shape index (κ3) is 5.94. The van der Waals surface area contributed by atoms with E-state index in [0.717, 1.165) is 55.6 Å². The maximum absolute atomic E-state index is 13.9. The number of carbonyl (C=O) groups is 4. The average Bonchev–Trinajstić information content (AvgIpc) is 3.66. The Labute approximate surface area is 336 Å². The second kappa shape index (κ2) is 14.2. The van der Waals surface area contributed by atoms with Crippen LogP contribution >= 0.6 is 0 Å². The maximum atomic E-state index is 13.9. The van der Waals surface area contributed by atoms with Crippen molar-refractivity contribution in [2.45, 2.75) is 26.7 Å². The third-order valence-corrected chi connectivity index (χ3v) is 11.3. The lowest BCUT2D eigenvalue weighted by atomic mass is 9.90. The summed E-state index contributed by atoms with van der Waals surface area (Å²) in [4.78, 5) is 57.3. The fraction of sp³-hybridized carbons (Fsp3) is 0.0800. The highest BCUT2D eigenvalue weighted by atomic mass is 16.2. The number of nitrogens with two attached hydrogens (primary N) is 2. The summed E-state index contributed by atoms with van der Waals surface area (Å²) in [7, 11) is 0. The van der Waals surface area contributed by atoms with E-state index in [9.17, 15) is 19.2 Å². The molecule has 7 aromatic carbocycles. The van der Waals surface area contributed by atoms with Crippen LogP contribution in [0.15, 0.2) is 146 Å². The molecule has 0 aliphatic carbocycles. The van der Waals surface area contributed by atoms with E-state index in [-0.39, 0.29) is 23.6 Å². The topological polar surface area (TPSA) is 127 Å². The van der Waals surface area contributed by atoms with Crippen LogP contribution in [0.1, 0.15) is 66.4 Å². The van der Waals surface area contributed by atoms with Crippen molar-refractivity contribution in [3.05, 3.63) is 179 Å². The third-order valence-electron chi connectivity index (χ3n) is 11.3. The molecule has 2 aliphatic heterocycles. The summed E-state index contributed by atoms with van der Waals surface area (Å²) in [6.07, 6.45) is 1.35. The lowest BCUT2D eigenvalue weighted by Gasteiger charge is -2.22. The summed E-state index contributed by atoms with van der Waals surface area (Å²) >= 11 is 0. The molecule has 0 saturated carbocycles. The Morgan fingerprint density at radius 2 is 0.724 bits per heavy atom. The van der Waals surface area contributed by atoms with Crippen molar-refractivity contribution in [1.29, 1.82) is 0 Å². The molecule has 0 fully saturated rings. The molecule has 282 valence electrons. The summed E-state index contributed by atoms with van der Waals surface area (Å²) in [5.41, 5.74) is 25.2. The standard InChI is InChI=1S/C50H38N4O4/c1-3-39-40(4-2)46(54-48(56)43-24-16-35(28-45(43)50(54)58)32-11-19-37(52)20-12-32)26-25-41(39)33-7-5-29(6-8-33)30-13-21-38(22-14-30)53-47(55)42-23-15-34(27-44(42)49(53)57)31-9-17-36(51)18-10-31/h5-28H,3-4,51-52H2,1-2H3. The largest absolute Gasteiger partial charge is 0.399 e. The Morgan fingerprint density at radius 1 is 0.362 bits per heavy atom. The molecule has 0 saturated heterocycles. The number of hydrogen-bond acceptors (Lipinski definition) is 6. The monoisotopic (exact) mass is 758 g/mol. The lowest BCUT2D eigenvalue weighted by molar-refractivity contribution is 0.0910. The number of carbonyl (C=O) groups excluding carboxylic acids is 4. The van der Waals surface area contributed by atoms with E-state index in [1.54, 1.807) is 48.5 Å². The SMILES string of the molecule is CCc1c(-c2ccc(-c3ccc(N4C(=O)c5ccc(-c6ccc(N)cc6)cc5C4=O)cc3)cc2)ccc(N2C(=O)c3ccc(-c4ccc(N)cc4)cc3C2=O)c1CC. The van der Waals surface area contributed by atoms with Crippen LogP contribution in [0.25, 0.3) is 44.5 Å². The summed E-state index contributed by atoms with van der Waals surface area (Å²) in [6, 6.07) is 45.1. The van der Waals surface area contributed by atoms with E-state index in [4.69, 9.17) is 11.5 Å². The Morgan fingerprint density at radius 3 is 1.22 bits per heavy atom. The highest BCUT2D eigenvalue weighted by Gasteiger charge is 2.39. The highest BCUT2D eigenvalue weighted by Crippen LogP contribution is 2.39. The van der Waals surface area contributed by atoms with Crippen molar-refractivity contribution in [1.82, 2.24) is 0 Å². The fourth-order valence-corrected chi connectivity index (χ4v) is 8.25. The minimum atomic E-state index is -0.356. The number of anilines is 4. The zero-order valence-corrected chi connectivity index (χ0v) is 32.0. The average molecular weight is 759 g/mol. The summed E-state index contributed by atoms with van der Waals surface area (Å²) in [5.74, 6) is -1.36. The number of benzene rings is 7. The molecule has 2 heterocycles. The molecule has 2 aliphatic rings. The molecular weight excluding hydrogens is 721 g/mol. The molecule has 0 aromatic heterocycles. The van der Waals surface area contributed by atoms with Gasteiger partial charge >= 0.3 is 0 Å². The predicted octanol–water partition coefficient (Wildman–Crippen LogP) is 10.2. The number of nitrogen functional groups attached to an aromatic ring is 2. The second-order valence-corrected chi connectivity index (χ2v) is 14.6. The van der Waals surface area contributed by atoms with Crippen LogP contribution < -0.4 is 21.3 Å². The van der Waals surface area contributed by atoms with Gasteiger partial charge in [0.05, 0.1) is 33.6 Å². The normalized spacial score (nSPS) is 13.3. The molecule has 0 atom stereocenters. The first-order valence-electron chi connectivity index (χ1n) is 19.3. The number of hydrogen-bond donors (Lipinski definition) is 2. The van der Waals surface area contributed by atoms with Gasteiger partial charge in [0.25, 0.3) is 23.6 Å². The van der Waals surface area contributed by atoms with E-state index in [2.05, 4.69) is 19.1 Å². The fourth-order valence-electron chi connectivity index (χ4n) is 8.25. The van der Waals surface area contributed by atoms with Crippen molar-refractivity contribution in [2.75, 3.05) is 21.3 Å². The van der Waals surface area contributed by atoms with Crippen molar-refractivity contribution in [3.8, 4) is 44.5 Å². The molecule has 0 bridgehead atoms. The number of fused-ring (bicyclic) bond motifs is 2. The van der Waals surface area contributed by atoms with E-state index < -0.39 is 0 Å². The second-order valence-electron chi connectivity index (χ2n) is 14.6. The van der Waals surface area contributed by atoms with Gasteiger partial charge in [-0.3, -0.25) is 19.2 Å². The molecule has 58 heavy (non-hydrogen) atoms. The molecule has 9 rings (SSSR count). The van der Waals surface area contributed by atoms with Gasteiger partial charge in [-0.05, 0) is 135 Å². The zero-order valence-electron chi connectivity index (χ0n) is 32.0.